The fraction of sp³-hybridized carbons (Fsp3) is 0.0588. The molecule has 0 fully saturated rings. The molecule has 0 saturated carbocycles. The van der Waals surface area contributed by atoms with Gasteiger partial charge in [0.2, 0.25) is 0 Å². The Labute approximate surface area is 336 Å². The Morgan fingerprint density at radius 1 is 0.569 bits per heavy atom. The van der Waals surface area contributed by atoms with Gasteiger partial charge in [-0.2, -0.15) is 0 Å². The van der Waals surface area contributed by atoms with Crippen molar-refractivity contribution in [2.45, 2.75) is 20.4 Å². The first-order chi connectivity index (χ1) is 28.1. The molecule has 9 rings (SSSR count). The van der Waals surface area contributed by atoms with Crippen molar-refractivity contribution >= 4 is 50.2 Å². The molecule has 7 heteroatoms. The molecule has 0 spiro atoms. The molecule has 0 aromatic heterocycles. The van der Waals surface area contributed by atoms with E-state index in [1.165, 1.54) is 17.0 Å². The molecule has 8 aromatic carbocycles. The topological polar surface area (TPSA) is 103 Å². The molecule has 0 aliphatic carbocycles. The van der Waals surface area contributed by atoms with Crippen molar-refractivity contribution in [3.8, 4) is 34.5 Å². The number of aromatic hydroxyl groups is 2. The van der Waals surface area contributed by atoms with Crippen molar-refractivity contribution in [2.75, 3.05) is 4.90 Å². The van der Waals surface area contributed by atoms with Gasteiger partial charge in [0.25, 0.3) is 0 Å². The highest BCUT2D eigenvalue weighted by Crippen LogP contribution is 2.36. The fourth-order valence-corrected chi connectivity index (χ4v) is 7.01. The maximum absolute atomic E-state index is 11.0. The van der Waals surface area contributed by atoms with Gasteiger partial charge in [-0.3, -0.25) is 0 Å². The molecule has 1 aliphatic heterocycles. The minimum absolute atomic E-state index is 0.0933. The van der Waals surface area contributed by atoms with Gasteiger partial charge >= 0.3 is 0 Å². The lowest BCUT2D eigenvalue weighted by molar-refractivity contribution is 0.391. The number of hydrogen-bond acceptors (Lipinski definition) is 7. The van der Waals surface area contributed by atoms with Crippen LogP contribution in [0.3, 0.4) is 0 Å². The number of hydrogen-bond donors (Lipinski definition) is 4. The average Bonchev–Trinajstić information content (AvgIpc) is 3.21. The van der Waals surface area contributed by atoms with Gasteiger partial charge in [-0.05, 0) is 165 Å². The average molecular weight is 764 g/mol. The lowest BCUT2D eigenvalue weighted by atomic mass is 10.0. The Kier molecular flexibility index (Phi) is 10.2. The zero-order valence-corrected chi connectivity index (χ0v) is 32.1. The summed E-state index contributed by atoms with van der Waals surface area (Å²) in [5.74, 6) is 3.44. The van der Waals surface area contributed by atoms with Crippen LogP contribution < -0.4 is 14.4 Å². The van der Waals surface area contributed by atoms with Crippen LogP contribution in [0.4, 0.5) is 5.69 Å². The molecule has 4 N–H and O–H groups in total. The second-order valence-corrected chi connectivity index (χ2v) is 14.4. The fourth-order valence-electron chi connectivity index (χ4n) is 7.01. The van der Waals surface area contributed by atoms with E-state index in [-0.39, 0.29) is 17.4 Å². The first kappa shape index (κ1) is 37.3. The van der Waals surface area contributed by atoms with Crippen LogP contribution in [0.1, 0.15) is 27.8 Å². The number of benzene rings is 8. The lowest BCUT2D eigenvalue weighted by Gasteiger charge is -2.29. The normalized spacial score (nSPS) is 12.4. The molecular formula is C51H41NO6. The van der Waals surface area contributed by atoms with Gasteiger partial charge in [0.05, 0.1) is 6.54 Å². The summed E-state index contributed by atoms with van der Waals surface area (Å²) in [5.41, 5.74) is 5.85. The number of aliphatic hydroxyl groups excluding tert-OH is 2. The van der Waals surface area contributed by atoms with E-state index < -0.39 is 0 Å². The molecule has 0 unspecified atom stereocenters. The van der Waals surface area contributed by atoms with Gasteiger partial charge < -0.3 is 34.8 Å². The summed E-state index contributed by atoms with van der Waals surface area (Å²) >= 11 is 0. The minimum atomic E-state index is 0.0933. The number of rotatable bonds is 7. The van der Waals surface area contributed by atoms with Crippen molar-refractivity contribution in [3.63, 3.8) is 0 Å². The Balaban J connectivity index is 0.000000333. The van der Waals surface area contributed by atoms with E-state index >= 15 is 0 Å². The predicted octanol–water partition coefficient (Wildman–Crippen LogP) is 13.4. The standard InChI is InChI=1S/C40H31NO5.C11H10O/c1-3-34(42)17-29-19-36(12-4-25(29)2)45-37-13-7-27-8-14-38(21-31(27)20-37)46-39-15-9-28-24-41(40(44)23-32(28)22-39)33-10-5-26-6-11-35(43)18-30(26)16-33;1-8-2-3-9-4-5-11(12)7-10(9)6-8/h3-23,42-44H,1,24H2,2H3;2-7,12H,1H3/b34-17+;. The smallest absolute Gasteiger partial charge is 0.192 e. The molecule has 0 saturated heterocycles. The van der Waals surface area contributed by atoms with Crippen LogP contribution in [0, 0.1) is 13.8 Å². The summed E-state index contributed by atoms with van der Waals surface area (Å²) < 4.78 is 12.4. The number of phenolic OH excluding ortho intramolecular Hbond substituents is 2. The van der Waals surface area contributed by atoms with Crippen molar-refractivity contribution in [3.05, 3.63) is 198 Å². The van der Waals surface area contributed by atoms with Crippen LogP contribution in [0.2, 0.25) is 0 Å². The summed E-state index contributed by atoms with van der Waals surface area (Å²) in [4.78, 5) is 1.84. The van der Waals surface area contributed by atoms with E-state index in [2.05, 4.69) is 24.8 Å². The van der Waals surface area contributed by atoms with Crippen LogP contribution in [0.25, 0.3) is 44.5 Å². The second-order valence-electron chi connectivity index (χ2n) is 14.4. The Morgan fingerprint density at radius 2 is 1.10 bits per heavy atom. The van der Waals surface area contributed by atoms with Gasteiger partial charge in [0.15, 0.2) is 5.88 Å². The van der Waals surface area contributed by atoms with Gasteiger partial charge in [-0.25, -0.2) is 0 Å². The third kappa shape index (κ3) is 8.29. The lowest BCUT2D eigenvalue weighted by Crippen LogP contribution is -2.25. The predicted molar refractivity (Wildman–Crippen MR) is 235 cm³/mol. The van der Waals surface area contributed by atoms with Gasteiger partial charge in [0, 0.05) is 11.8 Å². The molecular weight excluding hydrogens is 723 g/mol. The summed E-state index contributed by atoms with van der Waals surface area (Å²) in [6, 6.07) is 46.2. The highest BCUT2D eigenvalue weighted by molar-refractivity contribution is 5.88. The third-order valence-electron chi connectivity index (χ3n) is 10.1. The molecule has 286 valence electrons. The van der Waals surface area contributed by atoms with Crippen LogP contribution >= 0.6 is 0 Å². The van der Waals surface area contributed by atoms with Crippen molar-refractivity contribution in [1.29, 1.82) is 0 Å². The Morgan fingerprint density at radius 3 is 1.78 bits per heavy atom. The summed E-state index contributed by atoms with van der Waals surface area (Å²) in [7, 11) is 0. The highest BCUT2D eigenvalue weighted by atomic mass is 16.5. The summed E-state index contributed by atoms with van der Waals surface area (Å²) in [6.07, 6.45) is 4.80. The van der Waals surface area contributed by atoms with E-state index in [9.17, 15) is 20.4 Å². The SMILES string of the molecule is C=C/C(O)=C\c1cc(Oc2ccc3ccc(Oc4ccc5c(c4)C=C(O)N(c4ccc6ccc(O)cc6c4)C5)cc3c2)ccc1C.Cc1ccc2ccc(O)cc2c1. The van der Waals surface area contributed by atoms with Crippen molar-refractivity contribution < 1.29 is 29.9 Å². The molecule has 1 aliphatic rings. The van der Waals surface area contributed by atoms with E-state index in [1.807, 2.05) is 122 Å². The zero-order chi connectivity index (χ0) is 40.3. The van der Waals surface area contributed by atoms with E-state index in [0.717, 1.165) is 54.9 Å². The molecule has 1 heterocycles. The van der Waals surface area contributed by atoms with Crippen LogP contribution in [-0.2, 0) is 6.54 Å². The molecule has 7 nitrogen and oxygen atoms in total. The minimum Gasteiger partial charge on any atom is -0.508 e. The van der Waals surface area contributed by atoms with Crippen LogP contribution in [0.5, 0.6) is 34.5 Å². The molecule has 0 bridgehead atoms. The molecule has 0 radical (unpaired) electrons. The van der Waals surface area contributed by atoms with Crippen LogP contribution in [-0.4, -0.2) is 20.4 Å². The first-order valence-electron chi connectivity index (χ1n) is 18.8. The van der Waals surface area contributed by atoms with E-state index in [0.29, 0.717) is 35.3 Å². The van der Waals surface area contributed by atoms with Gasteiger partial charge in [0.1, 0.15) is 40.3 Å². The molecule has 0 atom stereocenters. The Bertz CT molecular complexity index is 2890. The summed E-state index contributed by atoms with van der Waals surface area (Å²) in [5, 5.41) is 46.2. The van der Waals surface area contributed by atoms with Crippen LogP contribution in [0.15, 0.2) is 170 Å². The molecule has 58 heavy (non-hydrogen) atoms. The van der Waals surface area contributed by atoms with Crippen molar-refractivity contribution in [2.24, 2.45) is 0 Å². The highest BCUT2D eigenvalue weighted by Gasteiger charge is 2.20. The molecule has 8 aromatic rings. The quantitative estimate of drug-likeness (QED) is 0.0947. The third-order valence-corrected chi connectivity index (χ3v) is 10.1. The maximum atomic E-state index is 11.0. The Hall–Kier alpha value is -7.64. The monoisotopic (exact) mass is 763 g/mol. The first-order valence-corrected chi connectivity index (χ1v) is 18.8. The number of phenols is 2. The number of aryl methyl sites for hydroxylation is 2. The number of ether oxygens (including phenoxy) is 2. The van der Waals surface area contributed by atoms with Crippen molar-refractivity contribution in [1.82, 2.24) is 0 Å². The number of aliphatic hydroxyl groups is 2. The maximum Gasteiger partial charge on any atom is 0.192 e. The van der Waals surface area contributed by atoms with E-state index in [1.54, 1.807) is 36.4 Å². The zero-order valence-electron chi connectivity index (χ0n) is 32.1. The second kappa shape index (κ2) is 15.8. The number of fused-ring (bicyclic) bond motifs is 4. The van der Waals surface area contributed by atoms with E-state index in [4.69, 9.17) is 9.47 Å². The van der Waals surface area contributed by atoms with Gasteiger partial charge in [-0.15, -0.1) is 0 Å². The summed E-state index contributed by atoms with van der Waals surface area (Å²) in [6.45, 7) is 8.12. The number of allylic oxidation sites excluding steroid dienone is 1. The molecule has 0 amide bonds. The largest absolute Gasteiger partial charge is 0.508 e. The number of anilines is 1. The number of nitrogens with zero attached hydrogens (tertiary/aromatic N) is 1. The van der Waals surface area contributed by atoms with Gasteiger partial charge in [-0.1, -0.05) is 72.8 Å².